The Kier molecular flexibility index (Phi) is 7.96. The monoisotopic (exact) mass is 494 g/mol. The molecular weight excluding hydrogens is 452 g/mol. The Balaban J connectivity index is 1.83. The maximum atomic E-state index is 13.2. The second-order valence-corrected chi connectivity index (χ2v) is 11.3. The van der Waals surface area contributed by atoms with Gasteiger partial charge in [0.05, 0.1) is 18.1 Å². The van der Waals surface area contributed by atoms with E-state index in [2.05, 4.69) is 50.4 Å². The quantitative estimate of drug-likeness (QED) is 0.564. The fourth-order valence-corrected chi connectivity index (χ4v) is 6.32. The first kappa shape index (κ1) is 26.5. The van der Waals surface area contributed by atoms with Gasteiger partial charge in [0, 0.05) is 31.7 Å². The molecule has 1 heterocycles. The number of rotatable bonds is 6. The number of hydrogen-bond acceptors (Lipinski definition) is 5. The lowest BCUT2D eigenvalue weighted by Gasteiger charge is -2.56. The zero-order chi connectivity index (χ0) is 25.8. The van der Waals surface area contributed by atoms with Crippen molar-refractivity contribution < 1.29 is 19.4 Å². The van der Waals surface area contributed by atoms with Crippen LogP contribution in [0.2, 0.25) is 0 Å². The summed E-state index contributed by atoms with van der Waals surface area (Å²) >= 11 is 0. The molecule has 1 atom stereocenters. The highest BCUT2D eigenvalue weighted by Crippen LogP contribution is 2.55. The molecule has 4 rings (SSSR count). The zero-order valence-corrected chi connectivity index (χ0v) is 22.3. The van der Waals surface area contributed by atoms with Crippen molar-refractivity contribution in [3.05, 3.63) is 54.1 Å². The van der Waals surface area contributed by atoms with Crippen LogP contribution in [0.25, 0.3) is 11.1 Å². The average Bonchev–Trinajstić information content (AvgIpc) is 2.89. The normalized spacial score (nSPS) is 19.9. The summed E-state index contributed by atoms with van der Waals surface area (Å²) < 4.78 is 11.9. The minimum absolute atomic E-state index is 0.121. The van der Waals surface area contributed by atoms with Crippen LogP contribution < -0.4 is 10.1 Å². The van der Waals surface area contributed by atoms with Crippen LogP contribution >= 0.6 is 0 Å². The maximum absolute atomic E-state index is 13.2. The molecule has 0 radical (unpaired) electrons. The Morgan fingerprint density at radius 2 is 1.69 bits per heavy atom. The summed E-state index contributed by atoms with van der Waals surface area (Å²) in [4.78, 5) is 14.9. The van der Waals surface area contributed by atoms with Gasteiger partial charge in [-0.3, -0.25) is 0 Å². The molecule has 0 spiro atoms. The molecule has 1 saturated carbocycles. The van der Waals surface area contributed by atoms with Crippen molar-refractivity contribution in [1.82, 2.24) is 10.2 Å². The van der Waals surface area contributed by atoms with E-state index in [0.29, 0.717) is 25.9 Å². The summed E-state index contributed by atoms with van der Waals surface area (Å²) in [6, 6.07) is 16.4. The van der Waals surface area contributed by atoms with Crippen molar-refractivity contribution in [3.8, 4) is 16.9 Å². The second kappa shape index (κ2) is 10.8. The number of carbonyl (C=O) groups is 1. The van der Waals surface area contributed by atoms with Crippen molar-refractivity contribution >= 4 is 6.09 Å². The largest absolute Gasteiger partial charge is 0.496 e. The summed E-state index contributed by atoms with van der Waals surface area (Å²) in [6.07, 6.45) is 4.09. The number of carbonyl (C=O) groups excluding carboxylic acids is 1. The number of methoxy groups -OCH3 is 1. The Labute approximate surface area is 216 Å². The molecular formula is C30H42N2O4. The molecule has 1 amide bonds. The highest BCUT2D eigenvalue weighted by atomic mass is 16.6. The molecule has 1 unspecified atom stereocenters. The molecule has 6 heteroatoms. The predicted molar refractivity (Wildman–Crippen MR) is 143 cm³/mol. The molecule has 0 aromatic heterocycles. The van der Waals surface area contributed by atoms with Gasteiger partial charge in [-0.15, -0.1) is 0 Å². The summed E-state index contributed by atoms with van der Waals surface area (Å²) in [6.45, 7) is 9.39. The van der Waals surface area contributed by atoms with Gasteiger partial charge >= 0.3 is 6.09 Å². The highest BCUT2D eigenvalue weighted by Gasteiger charge is 2.59. The van der Waals surface area contributed by atoms with E-state index in [9.17, 15) is 9.90 Å². The Morgan fingerprint density at radius 1 is 1.03 bits per heavy atom. The minimum atomic E-state index is -1.00. The van der Waals surface area contributed by atoms with Gasteiger partial charge in [-0.25, -0.2) is 4.79 Å². The summed E-state index contributed by atoms with van der Waals surface area (Å²) in [7, 11) is 1.68. The Bertz CT molecular complexity index is 1020. The predicted octanol–water partition coefficient (Wildman–Crippen LogP) is 5.38. The lowest BCUT2D eigenvalue weighted by atomic mass is 9.51. The number of ether oxygens (including phenoxy) is 2. The highest BCUT2D eigenvalue weighted by molar-refractivity contribution is 5.72. The van der Waals surface area contributed by atoms with E-state index < -0.39 is 16.4 Å². The number of amides is 1. The molecule has 1 aliphatic carbocycles. The molecule has 1 aliphatic heterocycles. The first-order valence-electron chi connectivity index (χ1n) is 13.3. The van der Waals surface area contributed by atoms with E-state index in [1.165, 1.54) is 0 Å². The first-order chi connectivity index (χ1) is 17.2. The molecule has 0 bridgehead atoms. The smallest absolute Gasteiger partial charge is 0.409 e. The lowest BCUT2D eigenvalue weighted by Crippen LogP contribution is -2.62. The van der Waals surface area contributed by atoms with Gasteiger partial charge in [0.15, 0.2) is 0 Å². The number of hydrogen-bond donors (Lipinski definition) is 2. The Morgan fingerprint density at radius 3 is 2.31 bits per heavy atom. The van der Waals surface area contributed by atoms with Gasteiger partial charge in [0.2, 0.25) is 0 Å². The van der Waals surface area contributed by atoms with Crippen molar-refractivity contribution in [2.24, 2.45) is 5.41 Å². The Hall–Kier alpha value is -2.57. The van der Waals surface area contributed by atoms with Crippen LogP contribution in [0, 0.1) is 5.41 Å². The van der Waals surface area contributed by atoms with E-state index in [4.69, 9.17) is 9.47 Å². The van der Waals surface area contributed by atoms with Crippen molar-refractivity contribution in [2.45, 2.75) is 63.9 Å². The topological polar surface area (TPSA) is 71.0 Å². The molecule has 196 valence electrons. The number of nitrogens with zero attached hydrogens (tertiary/aromatic N) is 1. The molecule has 2 aromatic carbocycles. The lowest BCUT2D eigenvalue weighted by molar-refractivity contribution is -0.133. The molecule has 6 nitrogen and oxygen atoms in total. The van der Waals surface area contributed by atoms with E-state index in [1.807, 2.05) is 24.3 Å². The van der Waals surface area contributed by atoms with Crippen LogP contribution in [0.5, 0.6) is 5.75 Å². The number of piperazine rings is 1. The van der Waals surface area contributed by atoms with E-state index in [-0.39, 0.29) is 12.7 Å². The van der Waals surface area contributed by atoms with Gasteiger partial charge in [0.25, 0.3) is 0 Å². The third-order valence-electron chi connectivity index (χ3n) is 8.32. The van der Waals surface area contributed by atoms with E-state index >= 15 is 0 Å². The van der Waals surface area contributed by atoms with Gasteiger partial charge in [0.1, 0.15) is 12.4 Å². The standard InChI is InChI=1S/C30H42N2O4/c1-28(2,3)30(29(34)15-9-6-10-16-29,22-36-27(33)32-19-17-31-18-20-32)24-13-14-26(35-4)25(21-24)23-11-7-5-8-12-23/h5,7-8,11-14,21,31,34H,6,9-10,15-20,22H2,1-4H3. The van der Waals surface area contributed by atoms with Gasteiger partial charge in [-0.1, -0.05) is 76.4 Å². The first-order valence-corrected chi connectivity index (χ1v) is 13.3. The van der Waals surface area contributed by atoms with Crippen LogP contribution in [-0.2, 0) is 10.2 Å². The zero-order valence-electron chi connectivity index (χ0n) is 22.3. The number of aliphatic hydroxyl groups is 1. The van der Waals surface area contributed by atoms with Crippen molar-refractivity contribution in [3.63, 3.8) is 0 Å². The summed E-state index contributed by atoms with van der Waals surface area (Å²) in [5.74, 6) is 0.779. The molecule has 1 saturated heterocycles. The maximum Gasteiger partial charge on any atom is 0.409 e. The van der Waals surface area contributed by atoms with Crippen molar-refractivity contribution in [1.29, 1.82) is 0 Å². The fourth-order valence-electron chi connectivity index (χ4n) is 6.32. The summed E-state index contributed by atoms with van der Waals surface area (Å²) in [5.41, 5.74) is 0.790. The van der Waals surface area contributed by atoms with Gasteiger partial charge in [-0.2, -0.15) is 0 Å². The fraction of sp³-hybridized carbons (Fsp3) is 0.567. The van der Waals surface area contributed by atoms with Gasteiger partial charge in [-0.05, 0) is 41.5 Å². The molecule has 2 fully saturated rings. The summed E-state index contributed by atoms with van der Waals surface area (Å²) in [5, 5.41) is 15.7. The van der Waals surface area contributed by atoms with Crippen LogP contribution in [0.4, 0.5) is 4.79 Å². The third kappa shape index (κ3) is 4.98. The minimum Gasteiger partial charge on any atom is -0.496 e. The third-order valence-corrected chi connectivity index (χ3v) is 8.32. The number of benzene rings is 2. The van der Waals surface area contributed by atoms with E-state index in [1.54, 1.807) is 12.0 Å². The molecule has 2 aromatic rings. The van der Waals surface area contributed by atoms with E-state index in [0.717, 1.165) is 54.8 Å². The molecule has 2 aliphatic rings. The molecule has 36 heavy (non-hydrogen) atoms. The van der Waals surface area contributed by atoms with Crippen LogP contribution in [0.15, 0.2) is 48.5 Å². The average molecular weight is 495 g/mol. The van der Waals surface area contributed by atoms with Crippen LogP contribution in [0.3, 0.4) is 0 Å². The van der Waals surface area contributed by atoms with Crippen molar-refractivity contribution in [2.75, 3.05) is 39.9 Å². The van der Waals surface area contributed by atoms with Gasteiger partial charge < -0.3 is 24.8 Å². The SMILES string of the molecule is COc1ccc(C(COC(=O)N2CCNCC2)(C(C)(C)C)C2(O)CCCCC2)cc1-c1ccccc1. The van der Waals surface area contributed by atoms with Crippen LogP contribution in [0.1, 0.15) is 58.4 Å². The molecule has 2 N–H and O–H groups in total. The second-order valence-electron chi connectivity index (χ2n) is 11.3. The number of nitrogens with one attached hydrogen (secondary N) is 1. The van der Waals surface area contributed by atoms with Crippen LogP contribution in [-0.4, -0.2) is 61.6 Å².